The first-order chi connectivity index (χ1) is 24.6. The van der Waals surface area contributed by atoms with Crippen LogP contribution in [0.4, 0.5) is 0 Å². The molecule has 0 saturated carbocycles. The van der Waals surface area contributed by atoms with E-state index in [0.29, 0.717) is 5.92 Å². The minimum atomic E-state index is -0.837. The van der Waals surface area contributed by atoms with Gasteiger partial charge in [0.05, 0.1) is 0 Å². The van der Waals surface area contributed by atoms with Crippen LogP contribution < -0.4 is 11.3 Å². The van der Waals surface area contributed by atoms with Crippen LogP contribution in [-0.2, 0) is 4.79 Å². The van der Waals surface area contributed by atoms with Crippen LogP contribution in [0.25, 0.3) is 0 Å². The molecular weight excluding hydrogens is 623 g/mol. The third-order valence-electron chi connectivity index (χ3n) is 11.9. The second-order valence-corrected chi connectivity index (χ2v) is 16.9. The van der Waals surface area contributed by atoms with Gasteiger partial charge in [0.1, 0.15) is 0 Å². The molecule has 0 fully saturated rings. The quantitative estimate of drug-likeness (QED) is 0.0636. The second-order valence-electron chi connectivity index (χ2n) is 16.9. The molecule has 3 heteroatoms. The van der Waals surface area contributed by atoms with Crippen molar-refractivity contribution in [1.82, 2.24) is 6.15 Å². The number of hydrogen-bond donors (Lipinski definition) is 1. The Balaban J connectivity index is 0. The van der Waals surface area contributed by atoms with Gasteiger partial charge in [0.25, 0.3) is 0 Å². The van der Waals surface area contributed by atoms with E-state index in [2.05, 4.69) is 13.8 Å². The zero-order chi connectivity index (χ0) is 36.4. The van der Waals surface area contributed by atoms with Crippen molar-refractivity contribution in [3.63, 3.8) is 0 Å². The molecule has 1 unspecified atom stereocenters. The van der Waals surface area contributed by atoms with Crippen molar-refractivity contribution in [3.05, 3.63) is 0 Å². The molecule has 0 heterocycles. The van der Waals surface area contributed by atoms with Gasteiger partial charge < -0.3 is 16.1 Å². The molecule has 0 aromatic carbocycles. The third-order valence-corrected chi connectivity index (χ3v) is 11.9. The average Bonchev–Trinajstić information content (AvgIpc) is 3.12. The van der Waals surface area contributed by atoms with Gasteiger partial charge in [-0.1, -0.05) is 278 Å². The number of carboxylic acid groups (broad SMARTS) is 1. The van der Waals surface area contributed by atoms with Gasteiger partial charge in [-0.05, 0) is 24.7 Å². The molecule has 0 aliphatic carbocycles. The molecule has 0 amide bonds. The summed E-state index contributed by atoms with van der Waals surface area (Å²) in [7, 11) is 0. The van der Waals surface area contributed by atoms with E-state index >= 15 is 0 Å². The van der Waals surface area contributed by atoms with Crippen LogP contribution in [0.1, 0.15) is 290 Å². The summed E-state index contributed by atoms with van der Waals surface area (Å²) in [5.74, 6) is -0.821. The zero-order valence-electron chi connectivity index (χ0n) is 36.2. The van der Waals surface area contributed by atoms with Crippen molar-refractivity contribution in [2.45, 2.75) is 290 Å². The first-order valence-electron chi connectivity index (χ1n) is 23.8. The average molecular weight is 722 g/mol. The molecule has 3 nitrogen and oxygen atoms in total. The van der Waals surface area contributed by atoms with E-state index in [-0.39, 0.29) is 12.1 Å². The smallest absolute Gasteiger partial charge is 0.0445 e. The van der Waals surface area contributed by atoms with Crippen LogP contribution in [0, 0.1) is 11.8 Å². The largest absolute Gasteiger partial charge is 0.550 e. The molecule has 0 aromatic heterocycles. The van der Waals surface area contributed by atoms with Gasteiger partial charge in [0.2, 0.25) is 0 Å². The first-order valence-corrected chi connectivity index (χ1v) is 23.8. The van der Waals surface area contributed by atoms with Crippen LogP contribution in [-0.4, -0.2) is 5.97 Å². The maximum atomic E-state index is 11.6. The monoisotopic (exact) mass is 722 g/mol. The molecule has 308 valence electrons. The molecule has 4 N–H and O–H groups in total. The zero-order valence-corrected chi connectivity index (χ0v) is 36.2. The lowest BCUT2D eigenvalue weighted by molar-refractivity contribution is -0.312. The van der Waals surface area contributed by atoms with Crippen molar-refractivity contribution in [1.29, 1.82) is 0 Å². The van der Waals surface area contributed by atoms with Crippen molar-refractivity contribution in [3.8, 4) is 0 Å². The highest BCUT2D eigenvalue weighted by atomic mass is 16.4. The Hall–Kier alpha value is -0.570. The van der Waals surface area contributed by atoms with Crippen LogP contribution >= 0.6 is 0 Å². The van der Waals surface area contributed by atoms with Crippen LogP contribution in [0.2, 0.25) is 0 Å². The highest BCUT2D eigenvalue weighted by Crippen LogP contribution is 2.26. The number of carboxylic acids is 1. The van der Waals surface area contributed by atoms with E-state index in [1.165, 1.54) is 257 Å². The normalized spacial score (nSPS) is 12.1. The summed E-state index contributed by atoms with van der Waals surface area (Å²) in [4.78, 5) is 11.6. The number of carbonyl (C=O) groups is 1. The van der Waals surface area contributed by atoms with Gasteiger partial charge in [-0.25, -0.2) is 0 Å². The summed E-state index contributed by atoms with van der Waals surface area (Å²) in [5, 5.41) is 11.6. The highest BCUT2D eigenvalue weighted by molar-refractivity contribution is 5.67. The molecule has 0 aliphatic heterocycles. The molecule has 0 spiro atoms. The lowest BCUT2D eigenvalue weighted by Gasteiger charge is -2.25. The van der Waals surface area contributed by atoms with E-state index in [1.807, 2.05) is 6.92 Å². The summed E-state index contributed by atoms with van der Waals surface area (Å²) in [5.41, 5.74) is 0. The number of carbonyl (C=O) groups excluding carboxylic acids is 1. The Labute approximate surface area is 323 Å². The predicted molar refractivity (Wildman–Crippen MR) is 229 cm³/mol. The van der Waals surface area contributed by atoms with E-state index < -0.39 is 5.97 Å². The number of aliphatic carboxylic acids is 1. The predicted octanol–water partition coefficient (Wildman–Crippen LogP) is 16.8. The maximum Gasteiger partial charge on any atom is 0.0445 e. The van der Waals surface area contributed by atoms with Crippen LogP contribution in [0.15, 0.2) is 0 Å². The van der Waals surface area contributed by atoms with E-state index in [4.69, 9.17) is 0 Å². The minimum Gasteiger partial charge on any atom is -0.550 e. The summed E-state index contributed by atoms with van der Waals surface area (Å²) in [6.07, 6.45) is 58.4. The standard InChI is InChI=1S/C48H96O2.H3N/c1-4-6-8-10-12-14-16-18-20-22-24-26-28-30-32-34-36-38-40-42-44-47(46(3)48(49)50)45-43-41-39-37-35-33-31-29-27-25-23-21-19-17-15-13-11-9-7-5-2;/h46-47H,4-45H2,1-3H3,(H,49,50);1H3. The number of rotatable bonds is 44. The van der Waals surface area contributed by atoms with Gasteiger partial charge in [-0.15, -0.1) is 0 Å². The van der Waals surface area contributed by atoms with Gasteiger partial charge in [0, 0.05) is 5.97 Å². The molecule has 0 aliphatic rings. The van der Waals surface area contributed by atoms with Gasteiger partial charge in [-0.3, -0.25) is 0 Å². The molecule has 0 saturated heterocycles. The topological polar surface area (TPSA) is 76.6 Å². The Morgan fingerprint density at radius 2 is 0.490 bits per heavy atom. The fraction of sp³-hybridized carbons (Fsp3) is 0.979. The van der Waals surface area contributed by atoms with Crippen LogP contribution in [0.5, 0.6) is 0 Å². The summed E-state index contributed by atoms with van der Waals surface area (Å²) in [6.45, 7) is 6.49. The van der Waals surface area contributed by atoms with Crippen molar-refractivity contribution >= 4 is 5.97 Å². The molecular formula is C48H99NO2. The summed E-state index contributed by atoms with van der Waals surface area (Å²) >= 11 is 0. The Bertz CT molecular complexity index is 593. The van der Waals surface area contributed by atoms with E-state index in [9.17, 15) is 9.90 Å². The second kappa shape index (κ2) is 45.6. The van der Waals surface area contributed by atoms with Crippen molar-refractivity contribution < 1.29 is 9.90 Å². The Kier molecular flexibility index (Phi) is 47.0. The SMILES string of the molecule is CCCCCCCCCCCCCCCCCCCCCCC(CCCCCCCCCCCCCCCCCCCCCC)C(C)C(=O)[O-].[NH4+]. The molecule has 1 atom stereocenters. The first kappa shape index (κ1) is 52.5. The molecule has 0 radical (unpaired) electrons. The van der Waals surface area contributed by atoms with Crippen LogP contribution in [0.3, 0.4) is 0 Å². The Morgan fingerprint density at radius 3 is 0.647 bits per heavy atom. The fourth-order valence-electron chi connectivity index (χ4n) is 8.16. The lowest BCUT2D eigenvalue weighted by Crippen LogP contribution is -2.34. The molecule has 0 rings (SSSR count). The third kappa shape index (κ3) is 42.0. The van der Waals surface area contributed by atoms with E-state index in [1.54, 1.807) is 0 Å². The fourth-order valence-corrected chi connectivity index (χ4v) is 8.16. The van der Waals surface area contributed by atoms with E-state index in [0.717, 1.165) is 12.8 Å². The van der Waals surface area contributed by atoms with Gasteiger partial charge >= 0.3 is 0 Å². The molecule has 0 bridgehead atoms. The van der Waals surface area contributed by atoms with Gasteiger partial charge in [0.15, 0.2) is 0 Å². The lowest BCUT2D eigenvalue weighted by atomic mass is 9.84. The maximum absolute atomic E-state index is 11.6. The Morgan fingerprint density at radius 1 is 0.333 bits per heavy atom. The number of hydrogen-bond acceptors (Lipinski definition) is 2. The number of unbranched alkanes of at least 4 members (excludes halogenated alkanes) is 38. The summed E-state index contributed by atoms with van der Waals surface area (Å²) < 4.78 is 0. The van der Waals surface area contributed by atoms with Crippen molar-refractivity contribution in [2.24, 2.45) is 11.8 Å². The molecule has 0 aromatic rings. The molecule has 51 heavy (non-hydrogen) atoms. The number of quaternary nitrogens is 1. The summed E-state index contributed by atoms with van der Waals surface area (Å²) in [6, 6.07) is 0. The van der Waals surface area contributed by atoms with Gasteiger partial charge in [-0.2, -0.15) is 0 Å². The van der Waals surface area contributed by atoms with Crippen molar-refractivity contribution in [2.75, 3.05) is 0 Å². The highest BCUT2D eigenvalue weighted by Gasteiger charge is 2.17. The minimum absolute atomic E-state index is 0.